The van der Waals surface area contributed by atoms with Crippen molar-refractivity contribution in [2.24, 2.45) is 0 Å². The molecule has 0 radical (unpaired) electrons. The summed E-state index contributed by atoms with van der Waals surface area (Å²) < 4.78 is 26.9. The van der Waals surface area contributed by atoms with Crippen molar-refractivity contribution >= 4 is 34.4 Å². The molecule has 0 saturated carbocycles. The molecule has 1 unspecified atom stereocenters. The number of nitrogens with zero attached hydrogens (tertiary/aromatic N) is 2. The lowest BCUT2D eigenvalue weighted by Gasteiger charge is -2.13. The van der Waals surface area contributed by atoms with Crippen LogP contribution in [-0.4, -0.2) is 21.1 Å². The first kappa shape index (κ1) is 17.3. The van der Waals surface area contributed by atoms with Gasteiger partial charge in [0.05, 0.1) is 27.7 Å². The lowest BCUT2D eigenvalue weighted by molar-refractivity contribution is -0.115. The van der Waals surface area contributed by atoms with Gasteiger partial charge in [0.25, 0.3) is 0 Å². The molecule has 0 aliphatic heterocycles. The minimum Gasteiger partial charge on any atom is -0.323 e. The highest BCUT2D eigenvalue weighted by molar-refractivity contribution is 8.00. The number of rotatable bonds is 4. The molecule has 0 bridgehead atoms. The summed E-state index contributed by atoms with van der Waals surface area (Å²) in [6.07, 6.45) is 0. The number of aromatic nitrogens is 2. The maximum absolute atomic E-state index is 13.6. The number of benzene rings is 2. The van der Waals surface area contributed by atoms with Gasteiger partial charge in [-0.15, -0.1) is 0 Å². The minimum absolute atomic E-state index is 0.182. The summed E-state index contributed by atoms with van der Waals surface area (Å²) in [6, 6.07) is 10.4. The van der Waals surface area contributed by atoms with Gasteiger partial charge in [-0.2, -0.15) is 0 Å². The van der Waals surface area contributed by atoms with Crippen LogP contribution >= 0.6 is 11.8 Å². The van der Waals surface area contributed by atoms with Gasteiger partial charge < -0.3 is 5.32 Å². The number of halogens is 2. The van der Waals surface area contributed by atoms with Gasteiger partial charge in [-0.05, 0) is 38.1 Å². The van der Waals surface area contributed by atoms with Crippen molar-refractivity contribution in [1.29, 1.82) is 0 Å². The van der Waals surface area contributed by atoms with Gasteiger partial charge in [-0.3, -0.25) is 4.79 Å². The number of anilines is 1. The quantitative estimate of drug-likeness (QED) is 0.704. The van der Waals surface area contributed by atoms with E-state index in [1.165, 1.54) is 11.8 Å². The Kier molecular flexibility index (Phi) is 4.94. The Labute approximate surface area is 147 Å². The molecule has 1 aromatic heterocycles. The molecule has 1 heterocycles. The average Bonchev–Trinajstić information content (AvgIpc) is 2.58. The van der Waals surface area contributed by atoms with Crippen molar-refractivity contribution in [3.05, 3.63) is 59.8 Å². The molecule has 2 aromatic carbocycles. The molecule has 1 amide bonds. The highest BCUT2D eigenvalue weighted by Gasteiger charge is 2.19. The maximum atomic E-state index is 13.6. The Bertz CT molecular complexity index is 949. The van der Waals surface area contributed by atoms with Gasteiger partial charge in [0.2, 0.25) is 5.91 Å². The molecule has 0 spiro atoms. The largest absolute Gasteiger partial charge is 0.323 e. The van der Waals surface area contributed by atoms with Crippen molar-refractivity contribution < 1.29 is 13.6 Å². The molecular formula is C18H15F2N3OS. The molecule has 3 rings (SSSR count). The summed E-state index contributed by atoms with van der Waals surface area (Å²) >= 11 is 1.22. The maximum Gasteiger partial charge on any atom is 0.237 e. The molecule has 0 aliphatic carbocycles. The molecule has 7 heteroatoms. The van der Waals surface area contributed by atoms with Crippen LogP contribution in [0.2, 0.25) is 0 Å². The summed E-state index contributed by atoms with van der Waals surface area (Å²) in [5, 5.41) is 2.47. The second-order valence-corrected chi connectivity index (χ2v) is 6.81. The Morgan fingerprint density at radius 3 is 2.52 bits per heavy atom. The number of hydrogen-bond acceptors (Lipinski definition) is 4. The zero-order chi connectivity index (χ0) is 18.0. The highest BCUT2D eigenvalue weighted by Crippen LogP contribution is 2.27. The third kappa shape index (κ3) is 3.93. The summed E-state index contributed by atoms with van der Waals surface area (Å²) in [4.78, 5) is 21.3. The van der Waals surface area contributed by atoms with Crippen molar-refractivity contribution in [3.63, 3.8) is 0 Å². The monoisotopic (exact) mass is 359 g/mol. The van der Waals surface area contributed by atoms with Crippen molar-refractivity contribution in [3.8, 4) is 0 Å². The first-order valence-electron chi connectivity index (χ1n) is 7.60. The number of carbonyl (C=O) groups excluding carboxylic acids is 1. The Hall–Kier alpha value is -2.54. The Morgan fingerprint density at radius 1 is 1.12 bits per heavy atom. The van der Waals surface area contributed by atoms with Gasteiger partial charge in [-0.25, -0.2) is 18.7 Å². The molecule has 3 aromatic rings. The number of amides is 1. The van der Waals surface area contributed by atoms with Crippen LogP contribution in [-0.2, 0) is 4.79 Å². The topological polar surface area (TPSA) is 54.9 Å². The second kappa shape index (κ2) is 7.14. The van der Waals surface area contributed by atoms with Crippen LogP contribution in [0.3, 0.4) is 0 Å². The first-order valence-corrected chi connectivity index (χ1v) is 8.48. The van der Waals surface area contributed by atoms with Gasteiger partial charge in [-0.1, -0.05) is 23.9 Å². The van der Waals surface area contributed by atoms with Gasteiger partial charge in [0.15, 0.2) is 0 Å². The summed E-state index contributed by atoms with van der Waals surface area (Å²) in [6.45, 7) is 3.49. The molecule has 1 atom stereocenters. The van der Waals surface area contributed by atoms with Gasteiger partial charge >= 0.3 is 0 Å². The van der Waals surface area contributed by atoms with Crippen LogP contribution in [0.15, 0.2) is 47.5 Å². The normalized spacial score (nSPS) is 12.2. The summed E-state index contributed by atoms with van der Waals surface area (Å²) in [5.74, 6) is -1.74. The lowest BCUT2D eigenvalue weighted by atomic mass is 10.3. The van der Waals surface area contributed by atoms with E-state index in [0.717, 1.165) is 29.2 Å². The number of para-hydroxylation sites is 2. The molecule has 4 nitrogen and oxygen atoms in total. The first-order chi connectivity index (χ1) is 11.9. The van der Waals surface area contributed by atoms with E-state index < -0.39 is 22.8 Å². The van der Waals surface area contributed by atoms with Crippen LogP contribution in [0.1, 0.15) is 12.6 Å². The molecule has 0 fully saturated rings. The van der Waals surface area contributed by atoms with Crippen molar-refractivity contribution in [1.82, 2.24) is 9.97 Å². The van der Waals surface area contributed by atoms with E-state index in [2.05, 4.69) is 15.3 Å². The third-order valence-corrected chi connectivity index (χ3v) is 4.72. The Balaban J connectivity index is 1.77. The SMILES string of the molecule is Cc1nc2ccccc2nc1SC(C)C(=O)Nc1cc(F)ccc1F. The van der Waals surface area contributed by atoms with Crippen LogP contribution in [0.5, 0.6) is 0 Å². The molecular weight excluding hydrogens is 344 g/mol. The second-order valence-electron chi connectivity index (χ2n) is 5.48. The average molecular weight is 359 g/mol. The predicted octanol–water partition coefficient (Wildman–Crippen LogP) is 4.34. The molecule has 0 aliphatic rings. The van der Waals surface area contributed by atoms with Gasteiger partial charge in [0.1, 0.15) is 16.7 Å². The fourth-order valence-electron chi connectivity index (χ4n) is 2.23. The van der Waals surface area contributed by atoms with E-state index in [1.54, 1.807) is 6.92 Å². The van der Waals surface area contributed by atoms with E-state index in [-0.39, 0.29) is 5.69 Å². The van der Waals surface area contributed by atoms with E-state index in [9.17, 15) is 13.6 Å². The zero-order valence-electron chi connectivity index (χ0n) is 13.6. The van der Waals surface area contributed by atoms with Crippen LogP contribution in [0.4, 0.5) is 14.5 Å². The fourth-order valence-corrected chi connectivity index (χ4v) is 3.10. The van der Waals surface area contributed by atoms with E-state index in [4.69, 9.17) is 0 Å². The predicted molar refractivity (Wildman–Crippen MR) is 94.6 cm³/mol. The molecule has 0 saturated heterocycles. The van der Waals surface area contributed by atoms with Crippen molar-refractivity contribution in [2.75, 3.05) is 5.32 Å². The third-order valence-electron chi connectivity index (χ3n) is 3.55. The number of thioether (sulfide) groups is 1. The fraction of sp³-hybridized carbons (Fsp3) is 0.167. The van der Waals surface area contributed by atoms with Crippen LogP contribution in [0.25, 0.3) is 11.0 Å². The van der Waals surface area contributed by atoms with Crippen molar-refractivity contribution in [2.45, 2.75) is 24.1 Å². The van der Waals surface area contributed by atoms with Gasteiger partial charge in [0, 0.05) is 6.07 Å². The number of hydrogen-bond donors (Lipinski definition) is 1. The highest BCUT2D eigenvalue weighted by atomic mass is 32.2. The van der Waals surface area contributed by atoms with E-state index in [0.29, 0.717) is 10.7 Å². The molecule has 1 N–H and O–H groups in total. The smallest absolute Gasteiger partial charge is 0.237 e. The molecule has 128 valence electrons. The summed E-state index contributed by atoms with van der Waals surface area (Å²) in [7, 11) is 0. The lowest BCUT2D eigenvalue weighted by Crippen LogP contribution is -2.23. The number of nitrogens with one attached hydrogen (secondary N) is 1. The molecule has 25 heavy (non-hydrogen) atoms. The standard InChI is InChI=1S/C18H15F2N3OS/c1-10-18(23-15-6-4-3-5-14(15)21-10)25-11(2)17(24)22-16-9-12(19)7-8-13(16)20/h3-9,11H,1-2H3,(H,22,24). The van der Waals surface area contributed by atoms with Crippen LogP contribution in [0, 0.1) is 18.6 Å². The summed E-state index contributed by atoms with van der Waals surface area (Å²) in [5.41, 5.74) is 2.04. The number of fused-ring (bicyclic) bond motifs is 1. The van der Waals surface area contributed by atoms with E-state index in [1.807, 2.05) is 31.2 Å². The Morgan fingerprint density at radius 2 is 1.80 bits per heavy atom. The minimum atomic E-state index is -0.686. The van der Waals surface area contributed by atoms with E-state index >= 15 is 0 Å². The van der Waals surface area contributed by atoms with Crippen LogP contribution < -0.4 is 5.32 Å². The zero-order valence-corrected chi connectivity index (χ0v) is 14.4. The number of carbonyl (C=O) groups is 1. The number of aryl methyl sites for hydroxylation is 1.